The lowest BCUT2D eigenvalue weighted by Crippen LogP contribution is -2.56. The normalized spacial score (nSPS) is 12.3. The summed E-state index contributed by atoms with van der Waals surface area (Å²) in [5, 5.41) is 3.32. The van der Waals surface area contributed by atoms with Gasteiger partial charge < -0.3 is 10.2 Å². The minimum absolute atomic E-state index is 0.00843. The van der Waals surface area contributed by atoms with Gasteiger partial charge in [-0.05, 0) is 80.8 Å². The number of nitrogens with zero attached hydrogens (tertiary/aromatic N) is 2. The van der Waals surface area contributed by atoms with Gasteiger partial charge >= 0.3 is 0 Å². The van der Waals surface area contributed by atoms with Crippen molar-refractivity contribution >= 4 is 39.1 Å². The molecular formula is C35H37ClFN3O4S. The molecule has 0 aliphatic rings. The van der Waals surface area contributed by atoms with Crippen LogP contribution in [0.5, 0.6) is 0 Å². The lowest BCUT2D eigenvalue weighted by atomic mass is 10.0. The topological polar surface area (TPSA) is 86.8 Å². The predicted octanol–water partition coefficient (Wildman–Crippen LogP) is 6.54. The maximum Gasteiger partial charge on any atom is 0.264 e. The van der Waals surface area contributed by atoms with E-state index in [1.807, 2.05) is 51.1 Å². The zero-order valence-corrected chi connectivity index (χ0v) is 27.3. The number of amides is 2. The summed E-state index contributed by atoms with van der Waals surface area (Å²) in [7, 11) is -4.25. The zero-order chi connectivity index (χ0) is 32.8. The molecule has 0 radical (unpaired) electrons. The van der Waals surface area contributed by atoms with Gasteiger partial charge in [-0.25, -0.2) is 12.8 Å². The number of anilines is 1. The second-order valence-electron chi connectivity index (χ2n) is 11.9. The maximum absolute atomic E-state index is 14.5. The van der Waals surface area contributed by atoms with Crippen molar-refractivity contribution in [2.45, 2.75) is 57.1 Å². The van der Waals surface area contributed by atoms with Crippen LogP contribution in [0.15, 0.2) is 108 Å². The first-order valence-corrected chi connectivity index (χ1v) is 16.3. The van der Waals surface area contributed by atoms with Crippen molar-refractivity contribution in [3.8, 4) is 0 Å². The Hall–Kier alpha value is -4.21. The molecule has 45 heavy (non-hydrogen) atoms. The van der Waals surface area contributed by atoms with Gasteiger partial charge in [-0.3, -0.25) is 13.9 Å². The molecule has 2 amide bonds. The second-order valence-corrected chi connectivity index (χ2v) is 14.1. The molecule has 4 aromatic rings. The van der Waals surface area contributed by atoms with E-state index in [2.05, 4.69) is 5.32 Å². The number of halogens is 2. The van der Waals surface area contributed by atoms with Crippen molar-refractivity contribution < 1.29 is 22.4 Å². The molecule has 236 valence electrons. The van der Waals surface area contributed by atoms with Crippen LogP contribution in [0, 0.1) is 12.7 Å². The van der Waals surface area contributed by atoms with Crippen LogP contribution in [-0.2, 0) is 32.6 Å². The number of nitrogens with one attached hydrogen (secondary N) is 1. The Kier molecular flexibility index (Phi) is 10.7. The third-order valence-electron chi connectivity index (χ3n) is 7.09. The van der Waals surface area contributed by atoms with E-state index in [4.69, 9.17) is 11.6 Å². The first-order valence-electron chi connectivity index (χ1n) is 14.5. The molecule has 0 aliphatic heterocycles. The molecule has 0 heterocycles. The summed E-state index contributed by atoms with van der Waals surface area (Å²) in [5.74, 6) is -1.47. The molecule has 0 unspecified atom stereocenters. The van der Waals surface area contributed by atoms with Gasteiger partial charge in [-0.2, -0.15) is 0 Å². The monoisotopic (exact) mass is 649 g/mol. The number of benzene rings is 4. The van der Waals surface area contributed by atoms with Gasteiger partial charge in [0.15, 0.2) is 0 Å². The van der Waals surface area contributed by atoms with Crippen molar-refractivity contribution in [3.05, 3.63) is 131 Å². The van der Waals surface area contributed by atoms with E-state index >= 15 is 0 Å². The Morgan fingerprint density at radius 1 is 0.867 bits per heavy atom. The highest BCUT2D eigenvalue weighted by Gasteiger charge is 2.35. The van der Waals surface area contributed by atoms with Gasteiger partial charge in [0.05, 0.1) is 10.6 Å². The second kappa shape index (κ2) is 14.3. The van der Waals surface area contributed by atoms with Gasteiger partial charge in [0.1, 0.15) is 18.4 Å². The first-order chi connectivity index (χ1) is 21.2. The van der Waals surface area contributed by atoms with Gasteiger partial charge in [-0.15, -0.1) is 0 Å². The van der Waals surface area contributed by atoms with E-state index in [0.717, 1.165) is 15.4 Å². The minimum Gasteiger partial charge on any atom is -0.350 e. The average Bonchev–Trinajstić information content (AvgIpc) is 3.00. The molecule has 1 atom stereocenters. The van der Waals surface area contributed by atoms with Crippen molar-refractivity contribution in [1.82, 2.24) is 10.2 Å². The van der Waals surface area contributed by atoms with E-state index in [-0.39, 0.29) is 23.5 Å². The molecule has 4 aromatic carbocycles. The third kappa shape index (κ3) is 8.93. The van der Waals surface area contributed by atoms with Crippen LogP contribution in [0.25, 0.3) is 0 Å². The maximum atomic E-state index is 14.5. The van der Waals surface area contributed by atoms with Crippen LogP contribution >= 0.6 is 11.6 Å². The number of aryl methyl sites for hydroxylation is 1. The quantitative estimate of drug-likeness (QED) is 0.200. The standard InChI is InChI=1S/C35H37ClFN3O4S/c1-25-15-20-29(22-31(25)36)40(45(43,44)30-13-9-6-10-14-30)24-33(41)39(23-27-16-18-28(37)19-17-27)32(34(42)38-35(2,3)4)21-26-11-7-5-8-12-26/h5-20,22,32H,21,23-24H2,1-4H3,(H,38,42)/t32-/m1/s1. The summed E-state index contributed by atoms with van der Waals surface area (Å²) in [5.41, 5.74) is 1.70. The molecule has 1 N–H and O–H groups in total. The van der Waals surface area contributed by atoms with Gasteiger partial charge in [0, 0.05) is 23.5 Å². The van der Waals surface area contributed by atoms with Crippen molar-refractivity contribution in [2.24, 2.45) is 0 Å². The molecule has 7 nitrogen and oxygen atoms in total. The highest BCUT2D eigenvalue weighted by molar-refractivity contribution is 7.92. The number of hydrogen-bond donors (Lipinski definition) is 1. The number of carbonyl (C=O) groups is 2. The zero-order valence-electron chi connectivity index (χ0n) is 25.7. The SMILES string of the molecule is Cc1ccc(N(CC(=O)N(Cc2ccc(F)cc2)[C@H](Cc2ccccc2)C(=O)NC(C)(C)C)S(=O)(=O)c2ccccc2)cc1Cl. The molecule has 0 bridgehead atoms. The Morgan fingerprint density at radius 2 is 1.47 bits per heavy atom. The van der Waals surface area contributed by atoms with E-state index in [9.17, 15) is 22.4 Å². The van der Waals surface area contributed by atoms with Crippen molar-refractivity contribution in [2.75, 3.05) is 10.8 Å². The highest BCUT2D eigenvalue weighted by atomic mass is 35.5. The summed E-state index contributed by atoms with van der Waals surface area (Å²) in [6, 6.07) is 26.4. The number of rotatable bonds is 11. The predicted molar refractivity (Wildman–Crippen MR) is 176 cm³/mol. The fourth-order valence-corrected chi connectivity index (χ4v) is 6.38. The van der Waals surface area contributed by atoms with Crippen LogP contribution in [-0.4, -0.2) is 43.3 Å². The van der Waals surface area contributed by atoms with E-state index in [1.165, 1.54) is 47.4 Å². The molecule has 0 saturated heterocycles. The lowest BCUT2D eigenvalue weighted by Gasteiger charge is -2.35. The molecule has 0 fully saturated rings. The lowest BCUT2D eigenvalue weighted by molar-refractivity contribution is -0.140. The molecule has 0 spiro atoms. The first kappa shape index (κ1) is 33.7. The Balaban J connectivity index is 1.82. The summed E-state index contributed by atoms with van der Waals surface area (Å²) < 4.78 is 42.9. The van der Waals surface area contributed by atoms with Crippen molar-refractivity contribution in [3.63, 3.8) is 0 Å². The van der Waals surface area contributed by atoms with Gasteiger partial charge in [0.25, 0.3) is 10.0 Å². The van der Waals surface area contributed by atoms with E-state index in [1.54, 1.807) is 37.3 Å². The Labute approximate surface area is 269 Å². The van der Waals surface area contributed by atoms with E-state index < -0.39 is 45.8 Å². The molecule has 10 heteroatoms. The summed E-state index contributed by atoms with van der Waals surface area (Å²) in [6.45, 7) is 6.62. The van der Waals surface area contributed by atoms with Crippen LogP contribution < -0.4 is 9.62 Å². The van der Waals surface area contributed by atoms with Crippen molar-refractivity contribution in [1.29, 1.82) is 0 Å². The summed E-state index contributed by atoms with van der Waals surface area (Å²) in [4.78, 5) is 29.7. The Morgan fingerprint density at radius 3 is 2.04 bits per heavy atom. The molecule has 0 aliphatic carbocycles. The van der Waals surface area contributed by atoms with Gasteiger partial charge in [-0.1, -0.05) is 78.3 Å². The summed E-state index contributed by atoms with van der Waals surface area (Å²) in [6.07, 6.45) is 0.164. The van der Waals surface area contributed by atoms with E-state index in [0.29, 0.717) is 10.6 Å². The smallest absolute Gasteiger partial charge is 0.264 e. The molecule has 4 rings (SSSR count). The third-order valence-corrected chi connectivity index (χ3v) is 9.28. The van der Waals surface area contributed by atoms with Crippen LogP contribution in [0.2, 0.25) is 5.02 Å². The molecule has 0 saturated carbocycles. The Bertz CT molecular complexity index is 1730. The summed E-state index contributed by atoms with van der Waals surface area (Å²) >= 11 is 6.42. The van der Waals surface area contributed by atoms with Crippen LogP contribution in [0.1, 0.15) is 37.5 Å². The van der Waals surface area contributed by atoms with Gasteiger partial charge in [0.2, 0.25) is 11.8 Å². The fourth-order valence-electron chi connectivity index (χ4n) is 4.78. The number of carbonyl (C=O) groups excluding carboxylic acids is 2. The minimum atomic E-state index is -4.25. The molecule has 0 aromatic heterocycles. The van der Waals surface area contributed by atoms with Crippen LogP contribution in [0.4, 0.5) is 10.1 Å². The highest BCUT2D eigenvalue weighted by Crippen LogP contribution is 2.29. The molecular weight excluding hydrogens is 613 g/mol. The fraction of sp³-hybridized carbons (Fsp3) is 0.257. The number of sulfonamides is 1. The largest absolute Gasteiger partial charge is 0.350 e. The van der Waals surface area contributed by atoms with Crippen LogP contribution in [0.3, 0.4) is 0 Å². The average molecular weight is 650 g/mol. The number of hydrogen-bond acceptors (Lipinski definition) is 4.